The van der Waals surface area contributed by atoms with E-state index in [1.165, 1.54) is 0 Å². The molecule has 0 aliphatic carbocycles. The van der Waals surface area contributed by atoms with Crippen LogP contribution in [0.1, 0.15) is 19.8 Å². The average Bonchev–Trinajstić information content (AvgIpc) is 1.99. The molecular formula is C7H12BrClO. The minimum Gasteiger partial charge on any atom is -0.298 e. The van der Waals surface area contributed by atoms with Crippen molar-refractivity contribution in [2.45, 2.75) is 19.8 Å². The van der Waals surface area contributed by atoms with E-state index in [1.807, 2.05) is 0 Å². The Bertz CT molecular complexity index is 102. The molecule has 0 fully saturated rings. The van der Waals surface area contributed by atoms with Gasteiger partial charge in [0.05, 0.1) is 5.88 Å². The molecule has 0 spiro atoms. The van der Waals surface area contributed by atoms with Crippen LogP contribution in [0, 0.1) is 5.92 Å². The molecule has 60 valence electrons. The van der Waals surface area contributed by atoms with Crippen LogP contribution in [0.5, 0.6) is 0 Å². The summed E-state index contributed by atoms with van der Waals surface area (Å²) in [6.45, 7) is 2.08. The molecule has 0 rings (SSSR count). The molecule has 0 saturated heterocycles. The molecule has 0 aromatic rings. The molecule has 1 unspecified atom stereocenters. The lowest BCUT2D eigenvalue weighted by Crippen LogP contribution is -2.09. The van der Waals surface area contributed by atoms with E-state index in [-0.39, 0.29) is 11.7 Å². The average molecular weight is 228 g/mol. The van der Waals surface area contributed by atoms with Crippen LogP contribution >= 0.6 is 27.5 Å². The summed E-state index contributed by atoms with van der Waals surface area (Å²) in [5.74, 6) is 0.767. The second-order valence-corrected chi connectivity index (χ2v) is 3.22. The summed E-state index contributed by atoms with van der Waals surface area (Å²) in [5.41, 5.74) is 0. The number of hydrogen-bond donors (Lipinski definition) is 0. The lowest BCUT2D eigenvalue weighted by atomic mass is 10.0. The van der Waals surface area contributed by atoms with Gasteiger partial charge in [-0.05, 0) is 5.92 Å². The highest BCUT2D eigenvalue weighted by Gasteiger charge is 2.08. The Kier molecular flexibility index (Phi) is 6.44. The largest absolute Gasteiger partial charge is 0.298 e. The predicted molar refractivity (Wildman–Crippen MR) is 47.9 cm³/mol. The molecule has 0 aliphatic heterocycles. The van der Waals surface area contributed by atoms with E-state index < -0.39 is 0 Å². The third kappa shape index (κ3) is 4.29. The van der Waals surface area contributed by atoms with Gasteiger partial charge in [0.25, 0.3) is 0 Å². The van der Waals surface area contributed by atoms with E-state index in [0.29, 0.717) is 12.3 Å². The first-order valence-electron chi connectivity index (χ1n) is 3.38. The summed E-state index contributed by atoms with van der Waals surface area (Å²) in [5, 5.41) is 0.895. The number of carbonyl (C=O) groups is 1. The van der Waals surface area contributed by atoms with Crippen LogP contribution < -0.4 is 0 Å². The molecule has 0 heterocycles. The van der Waals surface area contributed by atoms with Crippen LogP contribution in [-0.4, -0.2) is 17.0 Å². The van der Waals surface area contributed by atoms with Gasteiger partial charge in [-0.25, -0.2) is 0 Å². The third-order valence-corrected chi connectivity index (χ3v) is 2.67. The molecule has 1 atom stereocenters. The van der Waals surface area contributed by atoms with E-state index in [1.54, 1.807) is 0 Å². The first kappa shape index (κ1) is 10.4. The lowest BCUT2D eigenvalue weighted by molar-refractivity contribution is -0.117. The molecular weight excluding hydrogens is 215 g/mol. The molecule has 0 aromatic carbocycles. The SMILES string of the molecule is CCC(CBr)CC(=O)CCl. The Hall–Kier alpha value is 0.440. The smallest absolute Gasteiger partial charge is 0.147 e. The van der Waals surface area contributed by atoms with Crippen molar-refractivity contribution in [3.8, 4) is 0 Å². The van der Waals surface area contributed by atoms with Gasteiger partial charge in [0.1, 0.15) is 5.78 Å². The van der Waals surface area contributed by atoms with Crippen molar-refractivity contribution in [3.63, 3.8) is 0 Å². The fourth-order valence-electron chi connectivity index (χ4n) is 0.685. The molecule has 0 aromatic heterocycles. The van der Waals surface area contributed by atoms with Gasteiger partial charge in [-0.1, -0.05) is 29.3 Å². The van der Waals surface area contributed by atoms with Crippen molar-refractivity contribution in [1.29, 1.82) is 0 Å². The van der Waals surface area contributed by atoms with Gasteiger partial charge in [-0.2, -0.15) is 0 Å². The summed E-state index contributed by atoms with van der Waals surface area (Å²) < 4.78 is 0. The van der Waals surface area contributed by atoms with E-state index in [2.05, 4.69) is 22.9 Å². The molecule has 10 heavy (non-hydrogen) atoms. The normalized spacial score (nSPS) is 13.1. The number of hydrogen-bond acceptors (Lipinski definition) is 1. The molecule has 3 heteroatoms. The molecule has 0 amide bonds. The summed E-state index contributed by atoms with van der Waals surface area (Å²) in [4.78, 5) is 10.8. The summed E-state index contributed by atoms with van der Waals surface area (Å²) in [7, 11) is 0. The zero-order valence-electron chi connectivity index (χ0n) is 6.07. The number of carbonyl (C=O) groups excluding carboxylic acids is 1. The Morgan fingerprint density at radius 2 is 2.30 bits per heavy atom. The first-order chi connectivity index (χ1) is 4.74. The molecule has 0 bridgehead atoms. The number of rotatable bonds is 5. The van der Waals surface area contributed by atoms with Gasteiger partial charge in [0.15, 0.2) is 0 Å². The van der Waals surface area contributed by atoms with Gasteiger partial charge in [0, 0.05) is 11.8 Å². The van der Waals surface area contributed by atoms with Gasteiger partial charge < -0.3 is 0 Å². The molecule has 0 N–H and O–H groups in total. The Morgan fingerprint density at radius 1 is 1.70 bits per heavy atom. The summed E-state index contributed by atoms with van der Waals surface area (Å²) in [6, 6.07) is 0. The highest BCUT2D eigenvalue weighted by Crippen LogP contribution is 2.11. The van der Waals surface area contributed by atoms with Gasteiger partial charge in [-0.15, -0.1) is 11.6 Å². The highest BCUT2D eigenvalue weighted by atomic mass is 79.9. The Labute approximate surface area is 75.3 Å². The molecule has 0 aliphatic rings. The summed E-state index contributed by atoms with van der Waals surface area (Å²) >= 11 is 8.68. The van der Waals surface area contributed by atoms with Gasteiger partial charge in [0.2, 0.25) is 0 Å². The zero-order chi connectivity index (χ0) is 7.98. The first-order valence-corrected chi connectivity index (χ1v) is 5.03. The number of alkyl halides is 2. The van der Waals surface area contributed by atoms with E-state index in [9.17, 15) is 4.79 Å². The van der Waals surface area contributed by atoms with E-state index in [0.717, 1.165) is 11.8 Å². The number of Topliss-reactive ketones (excluding diaryl/α,β-unsaturated/α-hetero) is 1. The van der Waals surface area contributed by atoms with E-state index >= 15 is 0 Å². The zero-order valence-corrected chi connectivity index (χ0v) is 8.41. The second-order valence-electron chi connectivity index (χ2n) is 2.31. The Balaban J connectivity index is 3.52. The van der Waals surface area contributed by atoms with Crippen LogP contribution in [0.2, 0.25) is 0 Å². The molecule has 0 saturated carbocycles. The predicted octanol–water partition coefficient (Wildman–Crippen LogP) is 2.61. The van der Waals surface area contributed by atoms with Crippen LogP contribution in [0.25, 0.3) is 0 Å². The minimum absolute atomic E-state index is 0.146. The van der Waals surface area contributed by atoms with Crippen molar-refractivity contribution in [2.75, 3.05) is 11.2 Å². The van der Waals surface area contributed by atoms with Crippen LogP contribution in [0.3, 0.4) is 0 Å². The third-order valence-electron chi connectivity index (χ3n) is 1.46. The fourth-order valence-corrected chi connectivity index (χ4v) is 1.48. The highest BCUT2D eigenvalue weighted by molar-refractivity contribution is 9.09. The topological polar surface area (TPSA) is 17.1 Å². The van der Waals surface area contributed by atoms with Crippen molar-refractivity contribution in [3.05, 3.63) is 0 Å². The lowest BCUT2D eigenvalue weighted by Gasteiger charge is -2.07. The van der Waals surface area contributed by atoms with Crippen LogP contribution in [0.15, 0.2) is 0 Å². The standard InChI is InChI=1S/C7H12BrClO/c1-2-6(4-8)3-7(10)5-9/h6H,2-5H2,1H3. The van der Waals surface area contributed by atoms with Crippen molar-refractivity contribution in [1.82, 2.24) is 0 Å². The molecule has 0 radical (unpaired) electrons. The van der Waals surface area contributed by atoms with Gasteiger partial charge in [-0.3, -0.25) is 4.79 Å². The monoisotopic (exact) mass is 226 g/mol. The maximum absolute atomic E-state index is 10.8. The second kappa shape index (κ2) is 6.17. The summed E-state index contributed by atoms with van der Waals surface area (Å²) in [6.07, 6.45) is 1.65. The van der Waals surface area contributed by atoms with E-state index in [4.69, 9.17) is 11.6 Å². The maximum atomic E-state index is 10.8. The number of ketones is 1. The van der Waals surface area contributed by atoms with Crippen molar-refractivity contribution >= 4 is 33.3 Å². The number of halogens is 2. The van der Waals surface area contributed by atoms with Crippen LogP contribution in [-0.2, 0) is 4.79 Å². The van der Waals surface area contributed by atoms with Crippen LogP contribution in [0.4, 0.5) is 0 Å². The minimum atomic E-state index is 0.146. The van der Waals surface area contributed by atoms with Crippen molar-refractivity contribution in [2.24, 2.45) is 5.92 Å². The molecule has 1 nitrogen and oxygen atoms in total. The van der Waals surface area contributed by atoms with Crippen molar-refractivity contribution < 1.29 is 4.79 Å². The fraction of sp³-hybridized carbons (Fsp3) is 0.857. The maximum Gasteiger partial charge on any atom is 0.147 e. The quantitative estimate of drug-likeness (QED) is 0.660. The van der Waals surface area contributed by atoms with Gasteiger partial charge >= 0.3 is 0 Å². The Morgan fingerprint density at radius 3 is 2.60 bits per heavy atom.